The normalized spacial score (nSPS) is 11.0. The molecule has 1 aromatic heterocycles. The standard InChI is InChI=1S/C20H23N5OS/c1-14-6-4-8-16(10-14)19-22-23-20(27)25(19)13-18(26)21-17-9-5-7-15(11-17)12-24(2)3/h4-11H,12-13H2,1-3H3,(H,21,26)(H,23,27). The number of benzene rings is 2. The zero-order valence-corrected chi connectivity index (χ0v) is 16.5. The van der Waals surface area contributed by atoms with Crippen LogP contribution in [0, 0.1) is 11.7 Å². The third-order valence-corrected chi connectivity index (χ3v) is 4.36. The Hall–Kier alpha value is -2.77. The number of aryl methyl sites for hydroxylation is 1. The minimum atomic E-state index is -0.150. The first-order valence-corrected chi connectivity index (χ1v) is 9.09. The summed E-state index contributed by atoms with van der Waals surface area (Å²) in [6.45, 7) is 2.92. The minimum absolute atomic E-state index is 0.0938. The number of hydrogen-bond donors (Lipinski definition) is 2. The molecule has 27 heavy (non-hydrogen) atoms. The van der Waals surface area contributed by atoms with E-state index in [-0.39, 0.29) is 12.5 Å². The summed E-state index contributed by atoms with van der Waals surface area (Å²) < 4.78 is 2.13. The van der Waals surface area contributed by atoms with Crippen LogP contribution in [0.1, 0.15) is 11.1 Å². The maximum absolute atomic E-state index is 12.6. The average molecular weight is 382 g/mol. The minimum Gasteiger partial charge on any atom is -0.325 e. The van der Waals surface area contributed by atoms with Gasteiger partial charge >= 0.3 is 0 Å². The molecule has 0 radical (unpaired) electrons. The highest BCUT2D eigenvalue weighted by Gasteiger charge is 2.13. The van der Waals surface area contributed by atoms with Gasteiger partial charge in [0.25, 0.3) is 0 Å². The van der Waals surface area contributed by atoms with E-state index in [2.05, 4.69) is 20.4 Å². The molecule has 0 aliphatic rings. The Balaban J connectivity index is 1.77. The first-order chi connectivity index (χ1) is 12.9. The van der Waals surface area contributed by atoms with Crippen LogP contribution >= 0.6 is 12.2 Å². The lowest BCUT2D eigenvalue weighted by molar-refractivity contribution is -0.116. The molecule has 0 aliphatic heterocycles. The van der Waals surface area contributed by atoms with Crippen molar-refractivity contribution >= 4 is 23.8 Å². The maximum atomic E-state index is 12.6. The molecule has 2 aromatic carbocycles. The molecule has 0 saturated heterocycles. The SMILES string of the molecule is Cc1cccc(-c2n[nH]c(=S)n2CC(=O)Nc2cccc(CN(C)C)c2)c1. The summed E-state index contributed by atoms with van der Waals surface area (Å²) in [6.07, 6.45) is 0. The van der Waals surface area contributed by atoms with Crippen LogP contribution < -0.4 is 5.32 Å². The van der Waals surface area contributed by atoms with E-state index in [1.807, 2.05) is 69.6 Å². The fourth-order valence-electron chi connectivity index (χ4n) is 2.93. The van der Waals surface area contributed by atoms with Crippen molar-refractivity contribution in [3.8, 4) is 11.4 Å². The Kier molecular flexibility index (Phi) is 5.83. The van der Waals surface area contributed by atoms with Crippen molar-refractivity contribution in [3.63, 3.8) is 0 Å². The second kappa shape index (κ2) is 8.28. The number of anilines is 1. The lowest BCUT2D eigenvalue weighted by Gasteiger charge is -2.12. The molecule has 1 heterocycles. The Morgan fingerprint density at radius 1 is 1.22 bits per heavy atom. The monoisotopic (exact) mass is 381 g/mol. The van der Waals surface area contributed by atoms with Gasteiger partial charge in [-0.15, -0.1) is 0 Å². The average Bonchev–Trinajstić information content (AvgIpc) is 2.95. The van der Waals surface area contributed by atoms with Crippen LogP contribution in [-0.4, -0.2) is 39.7 Å². The quantitative estimate of drug-likeness (QED) is 0.640. The second-order valence-electron chi connectivity index (χ2n) is 6.79. The van der Waals surface area contributed by atoms with Gasteiger partial charge < -0.3 is 10.2 Å². The van der Waals surface area contributed by atoms with Crippen LogP contribution in [0.2, 0.25) is 0 Å². The van der Waals surface area contributed by atoms with Crippen LogP contribution in [0.5, 0.6) is 0 Å². The van der Waals surface area contributed by atoms with Crippen molar-refractivity contribution in [2.75, 3.05) is 19.4 Å². The van der Waals surface area contributed by atoms with Crippen LogP contribution in [0.25, 0.3) is 11.4 Å². The van der Waals surface area contributed by atoms with E-state index in [0.717, 1.165) is 28.9 Å². The van der Waals surface area contributed by atoms with Crippen molar-refractivity contribution in [1.29, 1.82) is 0 Å². The summed E-state index contributed by atoms with van der Waals surface area (Å²) in [5.74, 6) is 0.503. The van der Waals surface area contributed by atoms with Crippen LogP contribution in [0.4, 0.5) is 5.69 Å². The summed E-state index contributed by atoms with van der Waals surface area (Å²) in [5.41, 5.74) is 3.95. The van der Waals surface area contributed by atoms with Gasteiger partial charge in [0.1, 0.15) is 6.54 Å². The van der Waals surface area contributed by atoms with E-state index < -0.39 is 0 Å². The van der Waals surface area contributed by atoms with Gasteiger partial charge in [0, 0.05) is 17.8 Å². The van der Waals surface area contributed by atoms with Gasteiger partial charge in [-0.25, -0.2) is 0 Å². The molecular weight excluding hydrogens is 358 g/mol. The molecule has 3 rings (SSSR count). The number of rotatable bonds is 6. The molecule has 0 spiro atoms. The fourth-order valence-corrected chi connectivity index (χ4v) is 3.12. The van der Waals surface area contributed by atoms with Crippen LogP contribution in [0.15, 0.2) is 48.5 Å². The topological polar surface area (TPSA) is 66.0 Å². The molecule has 2 N–H and O–H groups in total. The predicted molar refractivity (Wildman–Crippen MR) is 110 cm³/mol. The van der Waals surface area contributed by atoms with Gasteiger partial charge in [-0.05, 0) is 57.0 Å². The Morgan fingerprint density at radius 2 is 2.00 bits per heavy atom. The number of nitrogens with zero attached hydrogens (tertiary/aromatic N) is 3. The number of H-pyrrole nitrogens is 1. The number of aromatic amines is 1. The molecule has 0 saturated carbocycles. The van der Waals surface area contributed by atoms with Crippen molar-refractivity contribution in [2.45, 2.75) is 20.0 Å². The molecule has 1 amide bonds. The van der Waals surface area contributed by atoms with E-state index in [9.17, 15) is 4.79 Å². The van der Waals surface area contributed by atoms with Gasteiger partial charge in [-0.1, -0.05) is 35.9 Å². The molecule has 0 bridgehead atoms. The van der Waals surface area contributed by atoms with E-state index in [1.165, 1.54) is 0 Å². The number of carbonyl (C=O) groups is 1. The van der Waals surface area contributed by atoms with Crippen molar-refractivity contribution in [1.82, 2.24) is 19.7 Å². The van der Waals surface area contributed by atoms with Gasteiger partial charge in [0.15, 0.2) is 10.6 Å². The summed E-state index contributed by atoms with van der Waals surface area (Å²) in [4.78, 5) is 14.7. The molecule has 6 nitrogen and oxygen atoms in total. The largest absolute Gasteiger partial charge is 0.325 e. The van der Waals surface area contributed by atoms with Crippen LogP contribution in [0.3, 0.4) is 0 Å². The first kappa shape index (κ1) is 19.0. The van der Waals surface area contributed by atoms with Gasteiger partial charge in [-0.2, -0.15) is 5.10 Å². The third kappa shape index (κ3) is 4.90. The van der Waals surface area contributed by atoms with E-state index in [1.54, 1.807) is 4.57 Å². The molecule has 0 unspecified atom stereocenters. The summed E-state index contributed by atoms with van der Waals surface area (Å²) in [5, 5.41) is 10.0. The lowest BCUT2D eigenvalue weighted by atomic mass is 10.1. The highest BCUT2D eigenvalue weighted by Crippen LogP contribution is 2.19. The second-order valence-corrected chi connectivity index (χ2v) is 7.18. The number of carbonyl (C=O) groups excluding carboxylic acids is 1. The molecule has 3 aromatic rings. The van der Waals surface area contributed by atoms with Gasteiger partial charge in [0.2, 0.25) is 5.91 Å². The van der Waals surface area contributed by atoms with Crippen molar-refractivity contribution in [2.24, 2.45) is 0 Å². The van der Waals surface area contributed by atoms with Crippen LogP contribution in [-0.2, 0) is 17.9 Å². The van der Waals surface area contributed by atoms with E-state index in [0.29, 0.717) is 10.6 Å². The smallest absolute Gasteiger partial charge is 0.244 e. The zero-order chi connectivity index (χ0) is 19.4. The molecule has 0 atom stereocenters. The maximum Gasteiger partial charge on any atom is 0.244 e. The molecular formula is C20H23N5OS. The zero-order valence-electron chi connectivity index (χ0n) is 15.7. The molecule has 7 heteroatoms. The van der Waals surface area contributed by atoms with Crippen molar-refractivity contribution in [3.05, 3.63) is 64.4 Å². The number of aromatic nitrogens is 3. The number of hydrogen-bond acceptors (Lipinski definition) is 4. The molecule has 0 fully saturated rings. The lowest BCUT2D eigenvalue weighted by Crippen LogP contribution is -2.20. The Bertz CT molecular complexity index is 1010. The molecule has 0 aliphatic carbocycles. The van der Waals surface area contributed by atoms with E-state index >= 15 is 0 Å². The number of nitrogens with one attached hydrogen (secondary N) is 2. The van der Waals surface area contributed by atoms with E-state index in [4.69, 9.17) is 12.2 Å². The van der Waals surface area contributed by atoms with Gasteiger partial charge in [-0.3, -0.25) is 14.5 Å². The Morgan fingerprint density at radius 3 is 2.74 bits per heavy atom. The summed E-state index contributed by atoms with van der Waals surface area (Å²) in [6, 6.07) is 15.8. The van der Waals surface area contributed by atoms with Crippen molar-refractivity contribution < 1.29 is 4.79 Å². The van der Waals surface area contributed by atoms with Gasteiger partial charge in [0.05, 0.1) is 0 Å². The predicted octanol–water partition coefficient (Wildman–Crippen LogP) is 3.62. The molecule has 140 valence electrons. The highest BCUT2D eigenvalue weighted by molar-refractivity contribution is 7.71. The summed E-state index contributed by atoms with van der Waals surface area (Å²) >= 11 is 5.32. The fraction of sp³-hybridized carbons (Fsp3) is 0.250. The summed E-state index contributed by atoms with van der Waals surface area (Å²) in [7, 11) is 4.03. The third-order valence-electron chi connectivity index (χ3n) is 4.05. The first-order valence-electron chi connectivity index (χ1n) is 8.68. The highest BCUT2D eigenvalue weighted by atomic mass is 32.1. The Labute approximate surface area is 163 Å². The number of amides is 1.